The van der Waals surface area contributed by atoms with Crippen LogP contribution in [-0.4, -0.2) is 18.9 Å². The summed E-state index contributed by atoms with van der Waals surface area (Å²) in [5, 5.41) is 0. The molecule has 1 unspecified atom stereocenters. The Kier molecular flexibility index (Phi) is 5.53. The fraction of sp³-hybridized carbons (Fsp3) is 0.455. The zero-order chi connectivity index (χ0) is 11.1. The van der Waals surface area contributed by atoms with E-state index in [1.54, 1.807) is 13.8 Å². The van der Waals surface area contributed by atoms with Crippen molar-refractivity contribution in [3.8, 4) is 0 Å². The van der Waals surface area contributed by atoms with Gasteiger partial charge in [0, 0.05) is 0 Å². The van der Waals surface area contributed by atoms with Crippen molar-refractivity contribution >= 4 is 12.3 Å². The van der Waals surface area contributed by atoms with Gasteiger partial charge in [0.25, 0.3) is 0 Å². The number of ether oxygens (including phenoxy) is 1. The van der Waals surface area contributed by atoms with Crippen molar-refractivity contribution in [3.05, 3.63) is 24.3 Å². The van der Waals surface area contributed by atoms with E-state index in [1.807, 2.05) is 0 Å². The first-order chi connectivity index (χ1) is 6.47. The number of hydrogen-bond acceptors (Lipinski definition) is 3. The summed E-state index contributed by atoms with van der Waals surface area (Å²) >= 11 is 0. The molecular weight excluding hydrogens is 180 g/mol. The summed E-state index contributed by atoms with van der Waals surface area (Å²) in [5.41, 5.74) is 1.53. The van der Waals surface area contributed by atoms with Crippen molar-refractivity contribution in [2.45, 2.75) is 20.3 Å². The van der Waals surface area contributed by atoms with E-state index in [0.29, 0.717) is 12.7 Å². The molecule has 0 heterocycles. The molecule has 0 N–H and O–H groups in total. The van der Waals surface area contributed by atoms with E-state index in [0.717, 1.165) is 11.1 Å². The summed E-state index contributed by atoms with van der Waals surface area (Å²) in [5.74, 6) is -1.24. The minimum Gasteiger partial charge on any atom is -0.461 e. The van der Waals surface area contributed by atoms with Gasteiger partial charge in [-0.1, -0.05) is 12.2 Å². The molecule has 0 aliphatic carbocycles. The molecule has 0 bridgehead atoms. The lowest BCUT2D eigenvalue weighted by atomic mass is 10.0. The van der Waals surface area contributed by atoms with Crippen molar-refractivity contribution in [2.24, 2.45) is 5.92 Å². The van der Waals surface area contributed by atoms with Gasteiger partial charge in [-0.15, -0.1) is 6.58 Å². The molecule has 0 aliphatic rings. The van der Waals surface area contributed by atoms with E-state index in [2.05, 4.69) is 13.2 Å². The van der Waals surface area contributed by atoms with Gasteiger partial charge in [-0.2, -0.15) is 0 Å². The van der Waals surface area contributed by atoms with Gasteiger partial charge in [-0.3, -0.25) is 4.79 Å². The van der Waals surface area contributed by atoms with Gasteiger partial charge < -0.3 is 9.53 Å². The maximum atomic E-state index is 11.3. The third-order valence-electron chi connectivity index (χ3n) is 1.50. The lowest BCUT2D eigenvalue weighted by molar-refractivity contribution is -0.148. The molecule has 0 aromatic heterocycles. The van der Waals surface area contributed by atoms with Gasteiger partial charge in [0.05, 0.1) is 0 Å². The summed E-state index contributed by atoms with van der Waals surface area (Å²) < 4.78 is 4.85. The smallest absolute Gasteiger partial charge is 0.316 e. The monoisotopic (exact) mass is 196 g/mol. The van der Waals surface area contributed by atoms with Crippen LogP contribution in [0.2, 0.25) is 0 Å². The van der Waals surface area contributed by atoms with Gasteiger partial charge >= 0.3 is 5.97 Å². The van der Waals surface area contributed by atoms with Crippen LogP contribution in [0.1, 0.15) is 20.3 Å². The SMILES string of the molecule is C=C(C)COC(=O)C(C=O)CC(=C)C. The van der Waals surface area contributed by atoms with Crippen LogP contribution in [-0.2, 0) is 14.3 Å². The van der Waals surface area contributed by atoms with Gasteiger partial charge in [-0.25, -0.2) is 0 Å². The zero-order valence-corrected chi connectivity index (χ0v) is 8.71. The molecule has 0 spiro atoms. The lowest BCUT2D eigenvalue weighted by Crippen LogP contribution is -2.20. The van der Waals surface area contributed by atoms with E-state index in [9.17, 15) is 9.59 Å². The van der Waals surface area contributed by atoms with Crippen LogP contribution in [0, 0.1) is 5.92 Å². The van der Waals surface area contributed by atoms with Crippen LogP contribution >= 0.6 is 0 Å². The van der Waals surface area contributed by atoms with Crippen LogP contribution < -0.4 is 0 Å². The fourth-order valence-electron chi connectivity index (χ4n) is 0.864. The average Bonchev–Trinajstić information content (AvgIpc) is 2.09. The molecule has 0 fully saturated rings. The summed E-state index contributed by atoms with van der Waals surface area (Å²) in [4.78, 5) is 21.8. The number of hydrogen-bond donors (Lipinski definition) is 0. The number of allylic oxidation sites excluding steroid dienone is 1. The number of esters is 1. The molecule has 14 heavy (non-hydrogen) atoms. The molecule has 78 valence electrons. The van der Waals surface area contributed by atoms with Crippen LogP contribution in [0.15, 0.2) is 24.3 Å². The third kappa shape index (κ3) is 5.30. The molecule has 3 nitrogen and oxygen atoms in total. The lowest BCUT2D eigenvalue weighted by Gasteiger charge is -2.09. The number of aldehydes is 1. The molecular formula is C11H16O3. The van der Waals surface area contributed by atoms with E-state index >= 15 is 0 Å². The van der Waals surface area contributed by atoms with Crippen molar-refractivity contribution in [1.82, 2.24) is 0 Å². The van der Waals surface area contributed by atoms with E-state index in [-0.39, 0.29) is 6.61 Å². The second-order valence-electron chi connectivity index (χ2n) is 3.47. The first kappa shape index (κ1) is 12.6. The second kappa shape index (κ2) is 6.13. The highest BCUT2D eigenvalue weighted by Crippen LogP contribution is 2.09. The first-order valence-corrected chi connectivity index (χ1v) is 4.38. The van der Waals surface area contributed by atoms with Crippen molar-refractivity contribution in [3.63, 3.8) is 0 Å². The predicted octanol–water partition coefficient (Wildman–Crippen LogP) is 1.89. The molecule has 0 aliphatic heterocycles. The topological polar surface area (TPSA) is 43.4 Å². The Morgan fingerprint density at radius 1 is 1.36 bits per heavy atom. The highest BCUT2D eigenvalue weighted by atomic mass is 16.5. The number of rotatable bonds is 6. The molecule has 0 radical (unpaired) electrons. The maximum Gasteiger partial charge on any atom is 0.316 e. The summed E-state index contributed by atoms with van der Waals surface area (Å²) in [6, 6.07) is 0. The predicted molar refractivity (Wildman–Crippen MR) is 54.8 cm³/mol. The largest absolute Gasteiger partial charge is 0.461 e. The summed E-state index contributed by atoms with van der Waals surface area (Å²) in [6.07, 6.45) is 0.938. The minimum absolute atomic E-state index is 0.166. The summed E-state index contributed by atoms with van der Waals surface area (Å²) in [7, 11) is 0. The second-order valence-corrected chi connectivity index (χ2v) is 3.47. The molecule has 3 heteroatoms. The van der Waals surface area contributed by atoms with Gasteiger partial charge in [-0.05, 0) is 25.8 Å². The Labute approximate surface area is 84.4 Å². The van der Waals surface area contributed by atoms with E-state index in [1.165, 1.54) is 0 Å². The van der Waals surface area contributed by atoms with Crippen LogP contribution in [0.5, 0.6) is 0 Å². The van der Waals surface area contributed by atoms with Crippen LogP contribution in [0.25, 0.3) is 0 Å². The van der Waals surface area contributed by atoms with E-state index < -0.39 is 11.9 Å². The highest BCUT2D eigenvalue weighted by Gasteiger charge is 2.18. The molecule has 1 atom stereocenters. The van der Waals surface area contributed by atoms with Crippen molar-refractivity contribution < 1.29 is 14.3 Å². The highest BCUT2D eigenvalue weighted by molar-refractivity contribution is 5.88. The molecule has 0 saturated carbocycles. The zero-order valence-electron chi connectivity index (χ0n) is 8.71. The standard InChI is InChI=1S/C11H16O3/c1-8(2)5-10(6-12)11(13)14-7-9(3)4/h6,10H,1,3,5,7H2,2,4H3. The quantitative estimate of drug-likeness (QED) is 0.282. The Bertz CT molecular complexity index is 253. The van der Waals surface area contributed by atoms with E-state index in [4.69, 9.17) is 4.74 Å². The molecule has 0 saturated heterocycles. The Morgan fingerprint density at radius 2 is 1.93 bits per heavy atom. The Balaban J connectivity index is 4.10. The number of carbonyl (C=O) groups is 2. The normalized spacial score (nSPS) is 11.6. The van der Waals surface area contributed by atoms with Gasteiger partial charge in [0.15, 0.2) is 0 Å². The average molecular weight is 196 g/mol. The molecule has 0 amide bonds. The molecule has 0 aromatic carbocycles. The van der Waals surface area contributed by atoms with Gasteiger partial charge in [0.1, 0.15) is 18.8 Å². The van der Waals surface area contributed by atoms with Crippen molar-refractivity contribution in [1.29, 1.82) is 0 Å². The summed E-state index contributed by atoms with van der Waals surface area (Å²) in [6.45, 7) is 10.9. The Hall–Kier alpha value is -1.38. The van der Waals surface area contributed by atoms with Crippen LogP contribution in [0.3, 0.4) is 0 Å². The first-order valence-electron chi connectivity index (χ1n) is 4.38. The molecule has 0 rings (SSSR count). The molecule has 0 aromatic rings. The number of carbonyl (C=O) groups excluding carboxylic acids is 2. The Morgan fingerprint density at radius 3 is 2.29 bits per heavy atom. The third-order valence-corrected chi connectivity index (χ3v) is 1.50. The minimum atomic E-state index is -0.730. The maximum absolute atomic E-state index is 11.3. The van der Waals surface area contributed by atoms with Crippen LogP contribution in [0.4, 0.5) is 0 Å². The van der Waals surface area contributed by atoms with Gasteiger partial charge in [0.2, 0.25) is 0 Å². The van der Waals surface area contributed by atoms with Crippen molar-refractivity contribution in [2.75, 3.05) is 6.61 Å². The fourth-order valence-corrected chi connectivity index (χ4v) is 0.864.